The van der Waals surface area contributed by atoms with Gasteiger partial charge in [-0.2, -0.15) is 0 Å². The maximum atomic E-state index is 4.49. The Morgan fingerprint density at radius 2 is 2.00 bits per heavy atom. The zero-order valence-electron chi connectivity index (χ0n) is 9.09. The van der Waals surface area contributed by atoms with Gasteiger partial charge in [-0.3, -0.25) is 0 Å². The Labute approximate surface area is 85.5 Å². The predicted octanol–water partition coefficient (Wildman–Crippen LogP) is 2.58. The van der Waals surface area contributed by atoms with E-state index in [2.05, 4.69) is 38.9 Å². The minimum atomic E-state index is -1.91. The first kappa shape index (κ1) is 11.0. The number of hydrogen-bond acceptors (Lipinski definition) is 1. The van der Waals surface area contributed by atoms with Gasteiger partial charge >= 0.3 is 85.5 Å². The van der Waals surface area contributed by atoms with Crippen LogP contribution in [0.5, 0.6) is 0 Å². The van der Waals surface area contributed by atoms with Crippen molar-refractivity contribution in [1.29, 1.82) is 0 Å². The molecule has 1 heterocycles. The molecule has 1 aromatic heterocycles. The van der Waals surface area contributed by atoms with Gasteiger partial charge in [0.2, 0.25) is 0 Å². The normalized spacial score (nSPS) is 11.7. The monoisotopic (exact) mass is 285 g/mol. The fraction of sp³-hybridized carbons (Fsp3) is 0.545. The first-order valence-electron chi connectivity index (χ1n) is 4.99. The number of nitrogens with zero attached hydrogens (tertiary/aromatic N) is 1. The Hall–Kier alpha value is -0.0513. The van der Waals surface area contributed by atoms with Crippen LogP contribution in [-0.4, -0.2) is 23.4 Å². The summed E-state index contributed by atoms with van der Waals surface area (Å²) in [7, 11) is 0. The molecule has 1 nitrogen and oxygen atoms in total. The number of aromatic nitrogens is 1. The van der Waals surface area contributed by atoms with Crippen molar-refractivity contribution in [3.05, 3.63) is 23.9 Å². The quantitative estimate of drug-likeness (QED) is 0.777. The summed E-state index contributed by atoms with van der Waals surface area (Å²) in [4.78, 5) is 11.7. The summed E-state index contributed by atoms with van der Waals surface area (Å²) in [5.41, 5.74) is 1.46. The van der Waals surface area contributed by atoms with Crippen molar-refractivity contribution in [2.45, 2.75) is 34.6 Å². The summed E-state index contributed by atoms with van der Waals surface area (Å²) in [6, 6.07) is 4.46. The number of hydrogen-bond donors (Lipinski definition) is 0. The molecule has 0 aromatic carbocycles. The van der Waals surface area contributed by atoms with Crippen LogP contribution in [0.2, 0.25) is 14.8 Å². The van der Waals surface area contributed by atoms with Crippen LogP contribution in [0.15, 0.2) is 18.3 Å². The summed E-state index contributed by atoms with van der Waals surface area (Å²) < 4.78 is 1.40. The molecule has 0 atom stereocenters. The molecular weight excluding hydrogens is 265 g/mol. The number of pyridine rings is 1. The van der Waals surface area contributed by atoms with E-state index in [0.717, 1.165) is 0 Å². The second-order valence-corrected chi connectivity index (χ2v) is 18.9. The zero-order valence-corrected chi connectivity index (χ0v) is 11.9. The molecule has 0 saturated carbocycles. The van der Waals surface area contributed by atoms with E-state index >= 15 is 0 Å². The third kappa shape index (κ3) is 3.29. The molecule has 0 aliphatic heterocycles. The molecule has 1 rings (SSSR count). The van der Waals surface area contributed by atoms with E-state index in [0.29, 0.717) is 0 Å². The maximum absolute atomic E-state index is 4.49. The third-order valence-corrected chi connectivity index (χ3v) is 7.30. The van der Waals surface area contributed by atoms with E-state index in [4.69, 9.17) is 0 Å². The van der Waals surface area contributed by atoms with Crippen LogP contribution in [0.1, 0.15) is 18.9 Å². The SMILES string of the molecule is CCCc1ccn[c]([Sn]([CH3])([CH3])[CH3])c1. The van der Waals surface area contributed by atoms with Gasteiger partial charge in [-0.15, -0.1) is 0 Å². The van der Waals surface area contributed by atoms with Gasteiger partial charge < -0.3 is 0 Å². The Balaban J connectivity index is 2.92. The van der Waals surface area contributed by atoms with Gasteiger partial charge in [0.25, 0.3) is 0 Å². The van der Waals surface area contributed by atoms with Gasteiger partial charge in [-0.1, -0.05) is 0 Å². The third-order valence-electron chi connectivity index (χ3n) is 2.13. The molecule has 0 unspecified atom stereocenters. The molecule has 0 bridgehead atoms. The van der Waals surface area contributed by atoms with Crippen molar-refractivity contribution >= 4 is 22.1 Å². The van der Waals surface area contributed by atoms with E-state index in [-0.39, 0.29) is 0 Å². The van der Waals surface area contributed by atoms with E-state index < -0.39 is 18.4 Å². The Kier molecular flexibility index (Phi) is 3.77. The average molecular weight is 284 g/mol. The van der Waals surface area contributed by atoms with Crippen molar-refractivity contribution in [1.82, 2.24) is 4.98 Å². The van der Waals surface area contributed by atoms with Crippen molar-refractivity contribution in [2.24, 2.45) is 0 Å². The van der Waals surface area contributed by atoms with Gasteiger partial charge in [-0.25, -0.2) is 0 Å². The number of aryl methyl sites for hydroxylation is 1. The minimum absolute atomic E-state index is 1.19. The summed E-state index contributed by atoms with van der Waals surface area (Å²) in [6.07, 6.45) is 4.39. The second-order valence-electron chi connectivity index (χ2n) is 4.55. The van der Waals surface area contributed by atoms with Crippen LogP contribution in [0, 0.1) is 0 Å². The van der Waals surface area contributed by atoms with Crippen molar-refractivity contribution in [3.8, 4) is 0 Å². The fourth-order valence-electron chi connectivity index (χ4n) is 1.33. The summed E-state index contributed by atoms with van der Waals surface area (Å²) in [5, 5.41) is 0. The Bertz CT molecular complexity index is 276. The molecular formula is C11H19NSn. The molecule has 0 saturated heterocycles. The summed E-state index contributed by atoms with van der Waals surface area (Å²) in [6.45, 7) is 2.22. The van der Waals surface area contributed by atoms with Crippen LogP contribution in [0.4, 0.5) is 0 Å². The van der Waals surface area contributed by atoms with E-state index in [1.807, 2.05) is 6.20 Å². The zero-order chi connectivity index (χ0) is 9.90. The van der Waals surface area contributed by atoms with Crippen molar-refractivity contribution < 1.29 is 0 Å². The van der Waals surface area contributed by atoms with Gasteiger partial charge in [0, 0.05) is 0 Å². The topological polar surface area (TPSA) is 12.9 Å². The molecule has 1 aromatic rings. The number of rotatable bonds is 3. The molecule has 0 radical (unpaired) electrons. The van der Waals surface area contributed by atoms with Crippen molar-refractivity contribution in [3.63, 3.8) is 0 Å². The molecule has 0 aliphatic carbocycles. The van der Waals surface area contributed by atoms with Crippen LogP contribution in [-0.2, 0) is 6.42 Å². The van der Waals surface area contributed by atoms with E-state index in [9.17, 15) is 0 Å². The Morgan fingerprint density at radius 3 is 2.54 bits per heavy atom. The molecule has 0 fully saturated rings. The average Bonchev–Trinajstić information content (AvgIpc) is 2.04. The van der Waals surface area contributed by atoms with Gasteiger partial charge in [-0.05, 0) is 0 Å². The molecule has 72 valence electrons. The fourth-order valence-corrected chi connectivity index (χ4v) is 4.41. The van der Waals surface area contributed by atoms with E-state index in [1.54, 1.807) is 0 Å². The predicted molar refractivity (Wildman–Crippen MR) is 61.2 cm³/mol. The van der Waals surface area contributed by atoms with E-state index in [1.165, 1.54) is 22.1 Å². The molecule has 0 N–H and O–H groups in total. The molecule has 2 heteroatoms. The van der Waals surface area contributed by atoms with Crippen molar-refractivity contribution in [2.75, 3.05) is 0 Å². The van der Waals surface area contributed by atoms with Crippen LogP contribution >= 0.6 is 0 Å². The van der Waals surface area contributed by atoms with Gasteiger partial charge in [0.1, 0.15) is 0 Å². The van der Waals surface area contributed by atoms with Crippen LogP contribution in [0.3, 0.4) is 0 Å². The standard InChI is InChI=1S/C8H10N.3CH3.Sn/c1-2-3-8-4-6-9-7-5-8;;;;/h4-6H,2-3H2,1H3;3*1H3;. The summed E-state index contributed by atoms with van der Waals surface area (Å²) in [5.74, 6) is 0. The van der Waals surface area contributed by atoms with Crippen LogP contribution < -0.4 is 3.71 Å². The first-order chi connectivity index (χ1) is 6.04. The summed E-state index contributed by atoms with van der Waals surface area (Å²) >= 11 is -1.91. The molecule has 0 aliphatic rings. The molecule has 0 amide bonds. The van der Waals surface area contributed by atoms with Gasteiger partial charge in [0.05, 0.1) is 0 Å². The van der Waals surface area contributed by atoms with Crippen LogP contribution in [0.25, 0.3) is 0 Å². The van der Waals surface area contributed by atoms with Gasteiger partial charge in [0.15, 0.2) is 0 Å². The first-order valence-corrected chi connectivity index (χ1v) is 15.0. The second kappa shape index (κ2) is 4.45. The molecule has 13 heavy (non-hydrogen) atoms. The molecule has 0 spiro atoms. The Morgan fingerprint density at radius 1 is 1.31 bits per heavy atom.